The van der Waals surface area contributed by atoms with Crippen molar-refractivity contribution in [1.82, 2.24) is 5.32 Å². The second-order valence-electron chi connectivity index (χ2n) is 4.24. The van der Waals surface area contributed by atoms with Crippen molar-refractivity contribution in [2.75, 3.05) is 0 Å². The van der Waals surface area contributed by atoms with E-state index in [4.69, 9.17) is 4.74 Å². The molecule has 0 atom stereocenters. The highest BCUT2D eigenvalue weighted by Gasteiger charge is 2.16. The first-order valence-corrected chi connectivity index (χ1v) is 4.82. The van der Waals surface area contributed by atoms with E-state index in [1.165, 1.54) is 0 Å². The summed E-state index contributed by atoms with van der Waals surface area (Å²) in [5.41, 5.74) is 0.361. The maximum absolute atomic E-state index is 11.5. The minimum absolute atomic E-state index is 0.232. The number of esters is 1. The van der Waals surface area contributed by atoms with Crippen LogP contribution in [0.5, 0.6) is 0 Å². The normalized spacial score (nSPS) is 15.3. The van der Waals surface area contributed by atoms with Gasteiger partial charge in [0.25, 0.3) is 0 Å². The summed E-state index contributed by atoms with van der Waals surface area (Å²) in [4.78, 5) is 15.4. The Labute approximate surface area is 89.7 Å². The number of hydrogen-bond acceptors (Lipinski definition) is 4. The van der Waals surface area contributed by atoms with Gasteiger partial charge in [0, 0.05) is 24.8 Å². The highest BCUT2D eigenvalue weighted by Crippen LogP contribution is 2.10. The topological polar surface area (TPSA) is 50.7 Å². The van der Waals surface area contributed by atoms with Gasteiger partial charge in [0.1, 0.15) is 5.60 Å². The first-order chi connectivity index (χ1) is 6.97. The number of rotatable bonds is 2. The zero-order valence-corrected chi connectivity index (χ0v) is 9.28. The average Bonchev–Trinajstić information content (AvgIpc) is 2.28. The van der Waals surface area contributed by atoms with Crippen molar-refractivity contribution in [3.63, 3.8) is 0 Å². The molecule has 0 aromatic heterocycles. The van der Waals surface area contributed by atoms with Gasteiger partial charge in [-0.2, -0.15) is 0 Å². The molecule has 0 saturated heterocycles. The Kier molecular flexibility index (Phi) is 3.66. The molecule has 0 aromatic rings. The number of hydrogen-bond donors (Lipinski definition) is 1. The number of nitrogens with one attached hydrogen (secondary N) is 1. The van der Waals surface area contributed by atoms with Crippen molar-refractivity contribution in [2.45, 2.75) is 32.8 Å². The fourth-order valence-electron chi connectivity index (χ4n) is 1.06. The standard InChI is InChI=1S/C11H16N2O2/c1-11(2,3)15-10(14)6-9-7-12-4-5-13-8-9/h4-5,7-8,12H,6H2,1-3H3. The summed E-state index contributed by atoms with van der Waals surface area (Å²) in [6.45, 7) is 5.54. The molecule has 4 heteroatoms. The molecule has 1 aliphatic heterocycles. The SMILES string of the molecule is CC(C)(C)OC(=O)CC1=CNC=CN=C1. The van der Waals surface area contributed by atoms with E-state index in [9.17, 15) is 4.79 Å². The lowest BCUT2D eigenvalue weighted by molar-refractivity contribution is -0.153. The molecule has 0 bridgehead atoms. The third kappa shape index (κ3) is 5.00. The average molecular weight is 208 g/mol. The van der Waals surface area contributed by atoms with Gasteiger partial charge < -0.3 is 10.1 Å². The van der Waals surface area contributed by atoms with Crippen LogP contribution in [-0.4, -0.2) is 17.8 Å². The van der Waals surface area contributed by atoms with Crippen LogP contribution in [0.2, 0.25) is 0 Å². The zero-order valence-electron chi connectivity index (χ0n) is 9.28. The third-order valence-electron chi connectivity index (χ3n) is 1.53. The number of carbonyl (C=O) groups excluding carboxylic acids is 1. The van der Waals surface area contributed by atoms with Crippen molar-refractivity contribution in [2.24, 2.45) is 4.99 Å². The monoisotopic (exact) mass is 208 g/mol. The molecule has 0 saturated carbocycles. The van der Waals surface area contributed by atoms with E-state index in [1.54, 1.807) is 24.8 Å². The van der Waals surface area contributed by atoms with Crippen LogP contribution in [0.25, 0.3) is 0 Å². The van der Waals surface area contributed by atoms with E-state index in [0.29, 0.717) is 0 Å². The van der Waals surface area contributed by atoms with Crippen LogP contribution in [0.15, 0.2) is 29.2 Å². The summed E-state index contributed by atoms with van der Waals surface area (Å²) >= 11 is 0. The molecule has 0 fully saturated rings. The van der Waals surface area contributed by atoms with Crippen molar-refractivity contribution >= 4 is 12.2 Å². The highest BCUT2D eigenvalue weighted by molar-refractivity contribution is 5.87. The number of carbonyl (C=O) groups is 1. The molecule has 0 amide bonds. The highest BCUT2D eigenvalue weighted by atomic mass is 16.6. The minimum Gasteiger partial charge on any atom is -0.460 e. The van der Waals surface area contributed by atoms with Gasteiger partial charge in [-0.15, -0.1) is 0 Å². The summed E-state index contributed by atoms with van der Waals surface area (Å²) in [6.07, 6.45) is 6.92. The Morgan fingerprint density at radius 1 is 1.53 bits per heavy atom. The van der Waals surface area contributed by atoms with Gasteiger partial charge in [-0.1, -0.05) is 0 Å². The Morgan fingerprint density at radius 2 is 2.27 bits per heavy atom. The predicted molar refractivity (Wildman–Crippen MR) is 59.3 cm³/mol. The molecule has 15 heavy (non-hydrogen) atoms. The molecule has 1 aliphatic rings. The molecule has 4 nitrogen and oxygen atoms in total. The van der Waals surface area contributed by atoms with Gasteiger partial charge >= 0.3 is 5.97 Å². The van der Waals surface area contributed by atoms with Gasteiger partial charge in [0.15, 0.2) is 0 Å². The molecule has 0 unspecified atom stereocenters. The van der Waals surface area contributed by atoms with Crippen LogP contribution in [0.3, 0.4) is 0 Å². The molecule has 0 spiro atoms. The number of aliphatic imine (C=N–C) groups is 1. The van der Waals surface area contributed by atoms with Crippen molar-refractivity contribution in [3.05, 3.63) is 24.2 Å². The molecule has 0 aromatic carbocycles. The first kappa shape index (κ1) is 11.5. The van der Waals surface area contributed by atoms with Crippen LogP contribution in [0.1, 0.15) is 27.2 Å². The van der Waals surface area contributed by atoms with Gasteiger partial charge in [-0.05, 0) is 26.3 Å². The molecule has 1 heterocycles. The van der Waals surface area contributed by atoms with E-state index in [0.717, 1.165) is 5.57 Å². The predicted octanol–water partition coefficient (Wildman–Crippen LogP) is 1.75. The maximum Gasteiger partial charge on any atom is 0.310 e. The van der Waals surface area contributed by atoms with Gasteiger partial charge in [-0.25, -0.2) is 0 Å². The summed E-state index contributed by atoms with van der Waals surface area (Å²) in [5.74, 6) is -0.246. The molecule has 0 radical (unpaired) electrons. The first-order valence-electron chi connectivity index (χ1n) is 4.82. The van der Waals surface area contributed by atoms with Gasteiger partial charge in [-0.3, -0.25) is 9.79 Å². The van der Waals surface area contributed by atoms with E-state index < -0.39 is 5.60 Å². The molecule has 1 N–H and O–H groups in total. The van der Waals surface area contributed by atoms with Crippen molar-refractivity contribution in [3.8, 4) is 0 Å². The van der Waals surface area contributed by atoms with Crippen LogP contribution >= 0.6 is 0 Å². The van der Waals surface area contributed by atoms with Crippen LogP contribution < -0.4 is 5.32 Å². The van der Waals surface area contributed by atoms with E-state index in [2.05, 4.69) is 10.3 Å². The molecular formula is C11H16N2O2. The molecular weight excluding hydrogens is 192 g/mol. The minimum atomic E-state index is -0.439. The fraction of sp³-hybridized carbons (Fsp3) is 0.455. The smallest absolute Gasteiger partial charge is 0.310 e. The van der Waals surface area contributed by atoms with E-state index >= 15 is 0 Å². The second kappa shape index (κ2) is 4.77. The van der Waals surface area contributed by atoms with Crippen molar-refractivity contribution < 1.29 is 9.53 Å². The zero-order chi connectivity index (χ0) is 11.3. The maximum atomic E-state index is 11.5. The largest absolute Gasteiger partial charge is 0.460 e. The van der Waals surface area contributed by atoms with Crippen LogP contribution in [0, 0.1) is 0 Å². The Bertz CT molecular complexity index is 322. The molecule has 82 valence electrons. The van der Waals surface area contributed by atoms with E-state index in [1.807, 2.05) is 20.8 Å². The van der Waals surface area contributed by atoms with Gasteiger partial charge in [0.05, 0.1) is 6.42 Å². The lowest BCUT2D eigenvalue weighted by Crippen LogP contribution is -2.24. The Morgan fingerprint density at radius 3 is 2.93 bits per heavy atom. The second-order valence-corrected chi connectivity index (χ2v) is 4.24. The van der Waals surface area contributed by atoms with Gasteiger partial charge in [0.2, 0.25) is 0 Å². The lowest BCUT2D eigenvalue weighted by Gasteiger charge is -2.19. The quantitative estimate of drug-likeness (QED) is 0.703. The molecule has 1 rings (SSSR count). The molecule has 0 aliphatic carbocycles. The van der Waals surface area contributed by atoms with Crippen LogP contribution in [0.4, 0.5) is 0 Å². The Hall–Kier alpha value is -1.58. The summed E-state index contributed by atoms with van der Waals surface area (Å²) < 4.78 is 5.19. The summed E-state index contributed by atoms with van der Waals surface area (Å²) in [7, 11) is 0. The number of ether oxygens (including phenoxy) is 1. The fourth-order valence-corrected chi connectivity index (χ4v) is 1.06. The third-order valence-corrected chi connectivity index (χ3v) is 1.53. The summed E-state index contributed by atoms with van der Waals surface area (Å²) in [5, 5.41) is 2.89. The number of nitrogens with zero attached hydrogens (tertiary/aromatic N) is 1. The van der Waals surface area contributed by atoms with Crippen LogP contribution in [-0.2, 0) is 9.53 Å². The lowest BCUT2D eigenvalue weighted by atomic mass is 10.2. The van der Waals surface area contributed by atoms with E-state index in [-0.39, 0.29) is 12.4 Å². The van der Waals surface area contributed by atoms with Crippen molar-refractivity contribution in [1.29, 1.82) is 0 Å². The summed E-state index contributed by atoms with van der Waals surface area (Å²) in [6, 6.07) is 0. The Balaban J connectivity index is 2.48.